The van der Waals surface area contributed by atoms with Gasteiger partial charge >= 0.3 is 5.97 Å². The number of aromatic carboxylic acids is 1. The number of anilines is 2. The van der Waals surface area contributed by atoms with Crippen LogP contribution in [0.4, 0.5) is 11.4 Å². The maximum Gasteiger partial charge on any atom is 0.337 e. The van der Waals surface area contributed by atoms with Crippen LogP contribution >= 0.6 is 15.9 Å². The number of carboxylic acids is 1. The number of aromatic nitrogens is 2. The van der Waals surface area contributed by atoms with Crippen LogP contribution in [0.25, 0.3) is 22.0 Å². The molecule has 0 radical (unpaired) electrons. The molecule has 0 bridgehead atoms. The first-order chi connectivity index (χ1) is 14.1. The molecule has 0 spiro atoms. The zero-order chi connectivity index (χ0) is 20.4. The summed E-state index contributed by atoms with van der Waals surface area (Å²) in [7, 11) is 1.50. The second-order valence-electron chi connectivity index (χ2n) is 6.29. The Balaban J connectivity index is 1.95. The number of carbonyl (C=O) groups is 1. The van der Waals surface area contributed by atoms with E-state index >= 15 is 0 Å². The van der Waals surface area contributed by atoms with Crippen LogP contribution in [0.3, 0.4) is 0 Å². The zero-order valence-electron chi connectivity index (χ0n) is 15.4. The Morgan fingerprint density at radius 3 is 2.62 bits per heavy atom. The maximum atomic E-state index is 11.8. The van der Waals surface area contributed by atoms with E-state index in [1.165, 1.54) is 13.2 Å². The quantitative estimate of drug-likeness (QED) is 0.417. The number of hydrogen-bond acceptors (Lipinski definition) is 5. The van der Waals surface area contributed by atoms with Crippen LogP contribution in [0.5, 0.6) is 5.75 Å². The molecule has 0 amide bonds. The summed E-state index contributed by atoms with van der Waals surface area (Å²) in [6.07, 6.45) is 5.19. The van der Waals surface area contributed by atoms with E-state index in [1.54, 1.807) is 30.7 Å². The van der Waals surface area contributed by atoms with Gasteiger partial charge in [0.2, 0.25) is 0 Å². The molecule has 29 heavy (non-hydrogen) atoms. The summed E-state index contributed by atoms with van der Waals surface area (Å²) in [5, 5.41) is 13.9. The smallest absolute Gasteiger partial charge is 0.337 e. The molecule has 0 saturated carbocycles. The Labute approximate surface area is 175 Å². The summed E-state index contributed by atoms with van der Waals surface area (Å²) in [5.41, 5.74) is 3.88. The van der Waals surface area contributed by atoms with Crippen LogP contribution in [0.1, 0.15) is 10.4 Å². The van der Waals surface area contributed by atoms with E-state index in [4.69, 9.17) is 4.74 Å². The van der Waals surface area contributed by atoms with Crippen LogP contribution in [-0.2, 0) is 0 Å². The van der Waals surface area contributed by atoms with Gasteiger partial charge in [0.25, 0.3) is 0 Å². The minimum atomic E-state index is -1.04. The molecule has 0 aliphatic rings. The van der Waals surface area contributed by atoms with Crippen molar-refractivity contribution in [2.45, 2.75) is 0 Å². The van der Waals surface area contributed by atoms with E-state index in [0.717, 1.165) is 32.2 Å². The van der Waals surface area contributed by atoms with Gasteiger partial charge in [0.1, 0.15) is 5.75 Å². The lowest BCUT2D eigenvalue weighted by molar-refractivity contribution is 0.0697. The monoisotopic (exact) mass is 449 g/mol. The average molecular weight is 450 g/mol. The first kappa shape index (κ1) is 18.9. The van der Waals surface area contributed by atoms with E-state index in [1.807, 2.05) is 30.3 Å². The lowest BCUT2D eigenvalue weighted by atomic mass is 10.0. The summed E-state index contributed by atoms with van der Waals surface area (Å²) in [6.45, 7) is 0. The van der Waals surface area contributed by atoms with Crippen molar-refractivity contribution >= 4 is 44.2 Å². The molecule has 7 heteroatoms. The molecule has 0 aliphatic heterocycles. The fourth-order valence-corrected chi connectivity index (χ4v) is 3.48. The summed E-state index contributed by atoms with van der Waals surface area (Å²) in [4.78, 5) is 20.5. The predicted octanol–water partition coefficient (Wildman–Crippen LogP) is 5.51. The summed E-state index contributed by atoms with van der Waals surface area (Å²) in [5.74, 6) is -0.568. The molecule has 0 aliphatic carbocycles. The van der Waals surface area contributed by atoms with Crippen molar-refractivity contribution in [1.82, 2.24) is 9.97 Å². The number of rotatable bonds is 5. The van der Waals surface area contributed by atoms with Crippen LogP contribution in [-0.4, -0.2) is 28.2 Å². The van der Waals surface area contributed by atoms with Crippen molar-refractivity contribution in [3.8, 4) is 16.9 Å². The third-order valence-electron chi connectivity index (χ3n) is 4.54. The maximum absolute atomic E-state index is 11.8. The van der Waals surface area contributed by atoms with Crippen LogP contribution in [0.2, 0.25) is 0 Å². The van der Waals surface area contributed by atoms with Crippen molar-refractivity contribution in [3.05, 3.63) is 77.2 Å². The molecule has 2 heterocycles. The van der Waals surface area contributed by atoms with Crippen molar-refractivity contribution < 1.29 is 14.6 Å². The molecule has 4 aromatic rings. The number of halogens is 1. The second kappa shape index (κ2) is 7.89. The SMILES string of the molecule is COc1ccc(Nc2c(-c3ccncc3)cnc3ccc(Br)cc23)c(C(=O)O)c1. The molecule has 0 unspecified atom stereocenters. The summed E-state index contributed by atoms with van der Waals surface area (Å²) >= 11 is 3.51. The van der Waals surface area contributed by atoms with Gasteiger partial charge in [-0.15, -0.1) is 0 Å². The van der Waals surface area contributed by atoms with Gasteiger partial charge < -0.3 is 15.2 Å². The molecule has 144 valence electrons. The van der Waals surface area contributed by atoms with E-state index in [0.29, 0.717) is 11.4 Å². The van der Waals surface area contributed by atoms with Crippen molar-refractivity contribution in [1.29, 1.82) is 0 Å². The van der Waals surface area contributed by atoms with E-state index in [-0.39, 0.29) is 5.56 Å². The molecular formula is C22H16BrN3O3. The highest BCUT2D eigenvalue weighted by Crippen LogP contribution is 2.37. The number of benzene rings is 2. The lowest BCUT2D eigenvalue weighted by Crippen LogP contribution is -2.05. The van der Waals surface area contributed by atoms with E-state index in [2.05, 4.69) is 31.2 Å². The highest BCUT2D eigenvalue weighted by atomic mass is 79.9. The topological polar surface area (TPSA) is 84.3 Å². The van der Waals surface area contributed by atoms with Crippen molar-refractivity contribution in [2.24, 2.45) is 0 Å². The second-order valence-corrected chi connectivity index (χ2v) is 7.20. The Hall–Kier alpha value is -3.45. The number of nitrogens with zero attached hydrogens (tertiary/aromatic N) is 2. The molecular weight excluding hydrogens is 434 g/mol. The van der Waals surface area contributed by atoms with Gasteiger partial charge in [-0.25, -0.2) is 4.79 Å². The number of methoxy groups -OCH3 is 1. The molecule has 0 fully saturated rings. The highest BCUT2D eigenvalue weighted by molar-refractivity contribution is 9.10. The standard InChI is InChI=1S/C22H16BrN3O3/c1-29-15-3-5-20(17(11-15)22(27)28)26-21-16-10-14(23)2-4-19(16)25-12-18(21)13-6-8-24-9-7-13/h2-12H,1H3,(H,25,26)(H,27,28). The van der Waals surface area contributed by atoms with Gasteiger partial charge in [0.05, 0.1) is 29.6 Å². The van der Waals surface area contributed by atoms with Crippen LogP contribution < -0.4 is 10.1 Å². The van der Waals surface area contributed by atoms with Gasteiger partial charge in [0.15, 0.2) is 0 Å². The lowest BCUT2D eigenvalue weighted by Gasteiger charge is -2.17. The summed E-state index contributed by atoms with van der Waals surface area (Å²) < 4.78 is 6.07. The molecule has 0 saturated heterocycles. The first-order valence-corrected chi connectivity index (χ1v) is 9.53. The minimum Gasteiger partial charge on any atom is -0.497 e. The number of fused-ring (bicyclic) bond motifs is 1. The molecule has 2 aromatic heterocycles. The number of carboxylic acid groups (broad SMARTS) is 1. The van der Waals surface area contributed by atoms with Crippen molar-refractivity contribution in [2.75, 3.05) is 12.4 Å². The molecule has 6 nitrogen and oxygen atoms in total. The average Bonchev–Trinajstić information content (AvgIpc) is 2.74. The van der Waals surface area contributed by atoms with Gasteiger partial charge in [-0.3, -0.25) is 9.97 Å². The highest BCUT2D eigenvalue weighted by Gasteiger charge is 2.16. The van der Waals surface area contributed by atoms with Crippen LogP contribution in [0, 0.1) is 0 Å². The van der Waals surface area contributed by atoms with Gasteiger partial charge in [0, 0.05) is 34.0 Å². The Morgan fingerprint density at radius 1 is 1.10 bits per heavy atom. The molecule has 2 N–H and O–H groups in total. The fourth-order valence-electron chi connectivity index (χ4n) is 3.12. The van der Waals surface area contributed by atoms with E-state index in [9.17, 15) is 9.90 Å². The Morgan fingerprint density at radius 2 is 1.90 bits per heavy atom. The number of ether oxygens (including phenoxy) is 1. The molecule has 0 atom stereocenters. The zero-order valence-corrected chi connectivity index (χ0v) is 17.0. The van der Waals surface area contributed by atoms with Crippen molar-refractivity contribution in [3.63, 3.8) is 0 Å². The number of pyridine rings is 2. The van der Waals surface area contributed by atoms with Gasteiger partial charge in [-0.1, -0.05) is 15.9 Å². The van der Waals surface area contributed by atoms with E-state index < -0.39 is 5.97 Å². The third kappa shape index (κ3) is 3.77. The number of nitrogens with one attached hydrogen (secondary N) is 1. The van der Waals surface area contributed by atoms with Crippen LogP contribution in [0.15, 0.2) is 71.6 Å². The first-order valence-electron chi connectivity index (χ1n) is 8.74. The molecule has 4 rings (SSSR count). The fraction of sp³-hybridized carbons (Fsp3) is 0.0455. The minimum absolute atomic E-state index is 0.116. The molecule has 2 aromatic carbocycles. The Bertz CT molecular complexity index is 1210. The van der Waals surface area contributed by atoms with Gasteiger partial charge in [-0.2, -0.15) is 0 Å². The number of hydrogen-bond donors (Lipinski definition) is 2. The van der Waals surface area contributed by atoms with Gasteiger partial charge in [-0.05, 0) is 54.1 Å². The Kier molecular flexibility index (Phi) is 5.14. The summed E-state index contributed by atoms with van der Waals surface area (Å²) in [6, 6.07) is 14.5. The largest absolute Gasteiger partial charge is 0.497 e. The predicted molar refractivity (Wildman–Crippen MR) is 116 cm³/mol. The normalized spacial score (nSPS) is 10.7. The third-order valence-corrected chi connectivity index (χ3v) is 5.03.